The molecule has 1 atom stereocenters. The van der Waals surface area contributed by atoms with Crippen molar-refractivity contribution in [2.75, 3.05) is 0 Å². The van der Waals surface area contributed by atoms with Crippen LogP contribution in [-0.2, 0) is 4.79 Å². The number of nitrogens with one attached hydrogen (secondary N) is 2. The van der Waals surface area contributed by atoms with Gasteiger partial charge in [-0.3, -0.25) is 14.7 Å². The van der Waals surface area contributed by atoms with Crippen LogP contribution < -0.4 is 11.1 Å². The third-order valence-electron chi connectivity index (χ3n) is 2.44. The summed E-state index contributed by atoms with van der Waals surface area (Å²) < 4.78 is 0. The van der Waals surface area contributed by atoms with Crippen LogP contribution in [-0.4, -0.2) is 33.0 Å². The minimum absolute atomic E-state index is 0.0509. The summed E-state index contributed by atoms with van der Waals surface area (Å²) in [4.78, 5) is 26.4. The van der Waals surface area contributed by atoms with E-state index in [4.69, 9.17) is 5.73 Å². The van der Waals surface area contributed by atoms with Crippen LogP contribution in [0.1, 0.15) is 42.1 Å². The molecule has 86 valence electrons. The first-order valence-corrected chi connectivity index (χ1v) is 5.10. The second-order valence-corrected chi connectivity index (χ2v) is 3.92. The second-order valence-electron chi connectivity index (χ2n) is 3.92. The van der Waals surface area contributed by atoms with Crippen molar-refractivity contribution in [3.8, 4) is 0 Å². The fourth-order valence-electron chi connectivity index (χ4n) is 1.25. The molecular weight excluding hydrogens is 210 g/mol. The molecule has 4 N–H and O–H groups in total. The Morgan fingerprint density at radius 1 is 1.56 bits per heavy atom. The molecule has 0 saturated heterocycles. The zero-order valence-electron chi connectivity index (χ0n) is 8.86. The van der Waals surface area contributed by atoms with Crippen LogP contribution >= 0.6 is 0 Å². The highest BCUT2D eigenvalue weighted by Crippen LogP contribution is 2.37. The minimum Gasteiger partial charge on any atom is -0.368 e. The number of aromatic nitrogens is 3. The quantitative estimate of drug-likeness (QED) is 0.625. The van der Waals surface area contributed by atoms with E-state index in [1.807, 2.05) is 0 Å². The van der Waals surface area contributed by atoms with Crippen molar-refractivity contribution in [1.29, 1.82) is 0 Å². The maximum Gasteiger partial charge on any atom is 0.291 e. The summed E-state index contributed by atoms with van der Waals surface area (Å²) in [7, 11) is 0. The molecule has 0 spiro atoms. The van der Waals surface area contributed by atoms with Gasteiger partial charge in [-0.2, -0.15) is 0 Å². The summed E-state index contributed by atoms with van der Waals surface area (Å²) in [6.45, 7) is 1.51. The van der Waals surface area contributed by atoms with Gasteiger partial charge in [0.05, 0.1) is 0 Å². The highest BCUT2D eigenvalue weighted by Gasteiger charge is 2.28. The highest BCUT2D eigenvalue weighted by molar-refractivity contribution is 5.94. The molecule has 0 aliphatic heterocycles. The molecule has 0 radical (unpaired) electrons. The van der Waals surface area contributed by atoms with E-state index in [9.17, 15) is 9.59 Å². The number of aromatic amines is 1. The lowest BCUT2D eigenvalue weighted by Gasteiger charge is -2.07. The van der Waals surface area contributed by atoms with Gasteiger partial charge in [0.2, 0.25) is 11.7 Å². The molecular formula is C9H13N5O2. The molecule has 7 nitrogen and oxygen atoms in total. The Morgan fingerprint density at radius 3 is 2.81 bits per heavy atom. The molecule has 16 heavy (non-hydrogen) atoms. The summed E-state index contributed by atoms with van der Waals surface area (Å²) >= 11 is 0. The fraction of sp³-hybridized carbons (Fsp3) is 0.556. The number of carbonyl (C=O) groups is 2. The molecule has 1 aliphatic rings. The van der Waals surface area contributed by atoms with Crippen LogP contribution in [0.2, 0.25) is 0 Å². The Labute approximate surface area is 91.8 Å². The molecule has 1 aliphatic carbocycles. The molecule has 1 heterocycles. The van der Waals surface area contributed by atoms with E-state index in [-0.39, 0.29) is 5.82 Å². The first kappa shape index (κ1) is 10.6. The van der Waals surface area contributed by atoms with Crippen molar-refractivity contribution >= 4 is 11.8 Å². The van der Waals surface area contributed by atoms with E-state index in [1.54, 1.807) is 0 Å². The third kappa shape index (κ3) is 2.18. The number of amides is 2. The normalized spacial score (nSPS) is 16.8. The smallest absolute Gasteiger partial charge is 0.291 e. The van der Waals surface area contributed by atoms with Crippen LogP contribution in [0.25, 0.3) is 0 Å². The highest BCUT2D eigenvalue weighted by atomic mass is 16.2. The van der Waals surface area contributed by atoms with E-state index in [2.05, 4.69) is 20.5 Å². The zero-order valence-corrected chi connectivity index (χ0v) is 8.86. The lowest BCUT2D eigenvalue weighted by atomic mass is 10.3. The van der Waals surface area contributed by atoms with Crippen LogP contribution in [0.5, 0.6) is 0 Å². The Hall–Kier alpha value is -1.92. The number of nitrogens with zero attached hydrogens (tertiary/aromatic N) is 2. The standard InChI is InChI=1S/C9H13N5O2/c1-4(6(10)15)11-9(16)8-12-7(13-14-8)5-2-3-5/h4-5H,2-3H2,1H3,(H2,10,15)(H,11,16)(H,12,13,14). The zero-order chi connectivity index (χ0) is 11.7. The first-order valence-electron chi connectivity index (χ1n) is 5.10. The summed E-state index contributed by atoms with van der Waals surface area (Å²) in [6.07, 6.45) is 2.15. The molecule has 7 heteroatoms. The van der Waals surface area contributed by atoms with Crippen molar-refractivity contribution < 1.29 is 9.59 Å². The number of primary amides is 1. The maximum absolute atomic E-state index is 11.6. The summed E-state index contributed by atoms with van der Waals surface area (Å²) in [5.74, 6) is 0.107. The van der Waals surface area contributed by atoms with Crippen LogP contribution in [0.4, 0.5) is 0 Å². The topological polar surface area (TPSA) is 114 Å². The average molecular weight is 223 g/mol. The molecule has 1 aromatic heterocycles. The van der Waals surface area contributed by atoms with Crippen molar-refractivity contribution in [2.45, 2.75) is 31.7 Å². The molecule has 1 unspecified atom stereocenters. The fourth-order valence-corrected chi connectivity index (χ4v) is 1.25. The van der Waals surface area contributed by atoms with Gasteiger partial charge in [0, 0.05) is 5.92 Å². The molecule has 1 fully saturated rings. The Balaban J connectivity index is 1.99. The number of rotatable bonds is 4. The van der Waals surface area contributed by atoms with Gasteiger partial charge in [0.15, 0.2) is 0 Å². The third-order valence-corrected chi connectivity index (χ3v) is 2.44. The lowest BCUT2D eigenvalue weighted by molar-refractivity contribution is -0.119. The van der Waals surface area contributed by atoms with Gasteiger partial charge in [0.1, 0.15) is 11.9 Å². The van der Waals surface area contributed by atoms with E-state index < -0.39 is 17.9 Å². The van der Waals surface area contributed by atoms with Crippen molar-refractivity contribution in [3.05, 3.63) is 11.6 Å². The van der Waals surface area contributed by atoms with Gasteiger partial charge in [-0.15, -0.1) is 5.10 Å². The van der Waals surface area contributed by atoms with Gasteiger partial charge >= 0.3 is 0 Å². The number of hydrogen-bond acceptors (Lipinski definition) is 4. The summed E-state index contributed by atoms with van der Waals surface area (Å²) in [5, 5.41) is 8.91. The Morgan fingerprint density at radius 2 is 2.25 bits per heavy atom. The van der Waals surface area contributed by atoms with E-state index in [0.717, 1.165) is 18.7 Å². The van der Waals surface area contributed by atoms with Crippen LogP contribution in [0.3, 0.4) is 0 Å². The van der Waals surface area contributed by atoms with E-state index in [1.165, 1.54) is 6.92 Å². The van der Waals surface area contributed by atoms with Gasteiger partial charge in [0.25, 0.3) is 5.91 Å². The van der Waals surface area contributed by atoms with E-state index in [0.29, 0.717) is 5.92 Å². The molecule has 0 aromatic carbocycles. The van der Waals surface area contributed by atoms with Gasteiger partial charge in [-0.1, -0.05) is 0 Å². The molecule has 2 amide bonds. The number of nitrogens with two attached hydrogens (primary N) is 1. The van der Waals surface area contributed by atoms with Gasteiger partial charge < -0.3 is 11.1 Å². The lowest BCUT2D eigenvalue weighted by Crippen LogP contribution is -2.42. The number of hydrogen-bond donors (Lipinski definition) is 3. The Kier molecular flexibility index (Phi) is 2.59. The molecule has 0 bridgehead atoms. The second kappa shape index (κ2) is 3.92. The maximum atomic E-state index is 11.6. The molecule has 2 rings (SSSR count). The largest absolute Gasteiger partial charge is 0.368 e. The van der Waals surface area contributed by atoms with Crippen molar-refractivity contribution in [1.82, 2.24) is 20.5 Å². The summed E-state index contributed by atoms with van der Waals surface area (Å²) in [5.41, 5.74) is 5.02. The minimum atomic E-state index is -0.727. The predicted octanol–water partition coefficient (Wildman–Crippen LogP) is -0.714. The summed E-state index contributed by atoms with van der Waals surface area (Å²) in [6, 6.07) is -0.727. The SMILES string of the molecule is CC(NC(=O)c1n[nH]c(C2CC2)n1)C(N)=O. The van der Waals surface area contributed by atoms with E-state index >= 15 is 0 Å². The van der Waals surface area contributed by atoms with Crippen molar-refractivity contribution in [2.24, 2.45) is 5.73 Å². The molecule has 1 saturated carbocycles. The number of H-pyrrole nitrogens is 1. The van der Waals surface area contributed by atoms with Crippen LogP contribution in [0, 0.1) is 0 Å². The monoisotopic (exact) mass is 223 g/mol. The number of carbonyl (C=O) groups excluding carboxylic acids is 2. The first-order chi connectivity index (χ1) is 7.58. The van der Waals surface area contributed by atoms with Gasteiger partial charge in [-0.25, -0.2) is 4.98 Å². The van der Waals surface area contributed by atoms with Crippen LogP contribution in [0.15, 0.2) is 0 Å². The van der Waals surface area contributed by atoms with Gasteiger partial charge in [-0.05, 0) is 19.8 Å². The molecule has 1 aromatic rings. The predicted molar refractivity (Wildman–Crippen MR) is 54.5 cm³/mol. The Bertz CT molecular complexity index is 423. The average Bonchev–Trinajstić information content (AvgIpc) is 2.96. The van der Waals surface area contributed by atoms with Crippen molar-refractivity contribution in [3.63, 3.8) is 0 Å².